The van der Waals surface area contributed by atoms with Crippen molar-refractivity contribution in [3.63, 3.8) is 0 Å². The van der Waals surface area contributed by atoms with Gasteiger partial charge in [-0.1, -0.05) is 46.0 Å². The number of ether oxygens (including phenoxy) is 1. The van der Waals surface area contributed by atoms with Crippen LogP contribution >= 0.6 is 0 Å². The minimum absolute atomic E-state index is 0.0285. The molecular formula is C14H26O2. The van der Waals surface area contributed by atoms with Gasteiger partial charge in [0.05, 0.1) is 0 Å². The van der Waals surface area contributed by atoms with Crippen LogP contribution in [0, 0.1) is 5.92 Å². The summed E-state index contributed by atoms with van der Waals surface area (Å²) in [6.45, 7) is 4.11. The molecule has 1 rings (SSSR count). The van der Waals surface area contributed by atoms with Gasteiger partial charge in [-0.15, -0.1) is 0 Å². The first-order chi connectivity index (χ1) is 7.76. The fourth-order valence-corrected chi connectivity index (χ4v) is 2.56. The van der Waals surface area contributed by atoms with Crippen molar-refractivity contribution < 1.29 is 9.53 Å². The van der Waals surface area contributed by atoms with Crippen LogP contribution in [0.2, 0.25) is 0 Å². The number of esters is 1. The molecule has 0 heterocycles. The Balaban J connectivity index is 2.21. The molecule has 2 heteroatoms. The van der Waals surface area contributed by atoms with E-state index in [9.17, 15) is 4.79 Å². The van der Waals surface area contributed by atoms with Crippen LogP contribution in [0.5, 0.6) is 0 Å². The van der Waals surface area contributed by atoms with E-state index in [0.717, 1.165) is 18.8 Å². The van der Waals surface area contributed by atoms with Crippen molar-refractivity contribution >= 4 is 5.97 Å². The number of hydrogen-bond donors (Lipinski definition) is 0. The number of rotatable bonds is 6. The lowest BCUT2D eigenvalue weighted by atomic mass is 9.84. The molecule has 2 atom stereocenters. The van der Waals surface area contributed by atoms with Gasteiger partial charge in [0, 0.05) is 6.42 Å². The highest BCUT2D eigenvalue weighted by molar-refractivity contribution is 5.69. The van der Waals surface area contributed by atoms with E-state index in [1.165, 1.54) is 38.5 Å². The predicted molar refractivity (Wildman–Crippen MR) is 66.3 cm³/mol. The molecule has 1 fully saturated rings. The first kappa shape index (κ1) is 13.5. The maximum Gasteiger partial charge on any atom is 0.305 e. The second-order valence-electron chi connectivity index (χ2n) is 4.99. The summed E-state index contributed by atoms with van der Waals surface area (Å²) in [5.74, 6) is 0.772. The van der Waals surface area contributed by atoms with Gasteiger partial charge < -0.3 is 4.74 Å². The molecule has 1 aliphatic rings. The van der Waals surface area contributed by atoms with Crippen molar-refractivity contribution in [3.05, 3.63) is 0 Å². The molecule has 0 radical (unpaired) electrons. The van der Waals surface area contributed by atoms with Crippen LogP contribution in [0.3, 0.4) is 0 Å². The molecule has 16 heavy (non-hydrogen) atoms. The molecule has 0 N–H and O–H groups in total. The van der Waals surface area contributed by atoms with Crippen LogP contribution < -0.4 is 0 Å². The van der Waals surface area contributed by atoms with Gasteiger partial charge in [0.1, 0.15) is 6.10 Å². The summed E-state index contributed by atoms with van der Waals surface area (Å²) >= 11 is 0. The third-order valence-corrected chi connectivity index (χ3v) is 3.54. The van der Waals surface area contributed by atoms with Crippen LogP contribution in [0.4, 0.5) is 0 Å². The standard InChI is InChI=1S/C14H26O2/c1-3-5-6-8-12-9-7-10-13(11-12)16-14(15)4-2/h12-13H,3-11H2,1-2H3. The maximum atomic E-state index is 11.2. The van der Waals surface area contributed by atoms with Crippen molar-refractivity contribution in [2.45, 2.75) is 77.7 Å². The van der Waals surface area contributed by atoms with Crippen LogP contribution in [-0.2, 0) is 9.53 Å². The molecule has 0 saturated heterocycles. The Morgan fingerprint density at radius 3 is 2.75 bits per heavy atom. The topological polar surface area (TPSA) is 26.3 Å². The van der Waals surface area contributed by atoms with E-state index in [2.05, 4.69) is 6.92 Å². The molecule has 1 saturated carbocycles. The zero-order valence-electron chi connectivity index (χ0n) is 10.8. The largest absolute Gasteiger partial charge is 0.462 e. The average molecular weight is 226 g/mol. The summed E-state index contributed by atoms with van der Waals surface area (Å²) in [5.41, 5.74) is 0. The molecule has 2 unspecified atom stereocenters. The van der Waals surface area contributed by atoms with E-state index < -0.39 is 0 Å². The first-order valence-electron chi connectivity index (χ1n) is 6.95. The Morgan fingerprint density at radius 1 is 1.25 bits per heavy atom. The van der Waals surface area contributed by atoms with Gasteiger partial charge >= 0.3 is 5.97 Å². The molecule has 0 aliphatic heterocycles. The van der Waals surface area contributed by atoms with Gasteiger partial charge in [-0.05, 0) is 25.2 Å². The molecule has 0 amide bonds. The summed E-state index contributed by atoms with van der Waals surface area (Å²) in [5, 5.41) is 0. The molecule has 0 spiro atoms. The van der Waals surface area contributed by atoms with Crippen LogP contribution in [0.15, 0.2) is 0 Å². The second kappa shape index (κ2) is 7.70. The minimum atomic E-state index is -0.0285. The Bertz CT molecular complexity index is 201. The van der Waals surface area contributed by atoms with E-state index in [0.29, 0.717) is 6.42 Å². The van der Waals surface area contributed by atoms with Gasteiger partial charge in [-0.25, -0.2) is 0 Å². The van der Waals surface area contributed by atoms with Crippen molar-refractivity contribution in [3.8, 4) is 0 Å². The van der Waals surface area contributed by atoms with E-state index >= 15 is 0 Å². The van der Waals surface area contributed by atoms with Crippen molar-refractivity contribution in [2.75, 3.05) is 0 Å². The number of hydrogen-bond acceptors (Lipinski definition) is 2. The SMILES string of the molecule is CCCCCC1CCCC(OC(=O)CC)C1. The second-order valence-corrected chi connectivity index (χ2v) is 4.99. The number of carbonyl (C=O) groups is 1. The summed E-state index contributed by atoms with van der Waals surface area (Å²) in [6.07, 6.45) is 10.8. The number of unbranched alkanes of at least 4 members (excludes halogenated alkanes) is 2. The average Bonchev–Trinajstić information content (AvgIpc) is 2.30. The fourth-order valence-electron chi connectivity index (χ4n) is 2.56. The lowest BCUT2D eigenvalue weighted by Gasteiger charge is -2.28. The Morgan fingerprint density at radius 2 is 2.06 bits per heavy atom. The van der Waals surface area contributed by atoms with E-state index in [4.69, 9.17) is 4.74 Å². The summed E-state index contributed by atoms with van der Waals surface area (Å²) < 4.78 is 5.44. The molecule has 94 valence electrons. The molecule has 0 aromatic rings. The zero-order valence-corrected chi connectivity index (χ0v) is 10.8. The normalized spacial score (nSPS) is 25.4. The summed E-state index contributed by atoms with van der Waals surface area (Å²) in [7, 11) is 0. The molecule has 0 bridgehead atoms. The third-order valence-electron chi connectivity index (χ3n) is 3.54. The summed E-state index contributed by atoms with van der Waals surface area (Å²) in [4.78, 5) is 11.2. The highest BCUT2D eigenvalue weighted by atomic mass is 16.5. The lowest BCUT2D eigenvalue weighted by molar-refractivity contribution is -0.150. The predicted octanol–water partition coefficient (Wildman–Crippen LogP) is 4.08. The molecule has 2 nitrogen and oxygen atoms in total. The number of carbonyl (C=O) groups excluding carboxylic acids is 1. The highest BCUT2D eigenvalue weighted by Crippen LogP contribution is 2.30. The Labute approximate surface area is 99.8 Å². The van der Waals surface area contributed by atoms with Gasteiger partial charge in [-0.3, -0.25) is 4.79 Å². The molecule has 1 aliphatic carbocycles. The van der Waals surface area contributed by atoms with Gasteiger partial charge in [0.25, 0.3) is 0 Å². The van der Waals surface area contributed by atoms with E-state index in [-0.39, 0.29) is 12.1 Å². The van der Waals surface area contributed by atoms with Gasteiger partial charge in [0.15, 0.2) is 0 Å². The van der Waals surface area contributed by atoms with E-state index in [1.54, 1.807) is 0 Å². The van der Waals surface area contributed by atoms with Crippen molar-refractivity contribution in [1.29, 1.82) is 0 Å². The first-order valence-corrected chi connectivity index (χ1v) is 6.95. The van der Waals surface area contributed by atoms with Crippen LogP contribution in [0.1, 0.15) is 71.6 Å². The quantitative estimate of drug-likeness (QED) is 0.504. The molecular weight excluding hydrogens is 200 g/mol. The monoisotopic (exact) mass is 226 g/mol. The van der Waals surface area contributed by atoms with Crippen molar-refractivity contribution in [1.82, 2.24) is 0 Å². The highest BCUT2D eigenvalue weighted by Gasteiger charge is 2.23. The third kappa shape index (κ3) is 5.00. The summed E-state index contributed by atoms with van der Waals surface area (Å²) in [6, 6.07) is 0. The Hall–Kier alpha value is -0.530. The van der Waals surface area contributed by atoms with Crippen LogP contribution in [-0.4, -0.2) is 12.1 Å². The van der Waals surface area contributed by atoms with Crippen molar-refractivity contribution in [2.24, 2.45) is 5.92 Å². The lowest BCUT2D eigenvalue weighted by Crippen LogP contribution is -2.25. The van der Waals surface area contributed by atoms with Gasteiger partial charge in [0.2, 0.25) is 0 Å². The Kier molecular flexibility index (Phi) is 6.51. The van der Waals surface area contributed by atoms with E-state index in [1.807, 2.05) is 6.92 Å². The van der Waals surface area contributed by atoms with Crippen LogP contribution in [0.25, 0.3) is 0 Å². The maximum absolute atomic E-state index is 11.2. The smallest absolute Gasteiger partial charge is 0.305 e. The fraction of sp³-hybridized carbons (Fsp3) is 0.929. The minimum Gasteiger partial charge on any atom is -0.462 e. The molecule has 0 aromatic heterocycles. The molecule has 0 aromatic carbocycles. The zero-order chi connectivity index (χ0) is 11.8. The van der Waals surface area contributed by atoms with Gasteiger partial charge in [-0.2, -0.15) is 0 Å².